The number of nitrogens with one attached hydrogen (secondary N) is 1. The summed E-state index contributed by atoms with van der Waals surface area (Å²) >= 11 is 6.08. The SMILES string of the molecule is Cn1ncc(N=Cc2ccc(COc3ccccc3Cl)o2)c1C(=O)NCc1ccco1. The highest BCUT2D eigenvalue weighted by atomic mass is 35.5. The minimum absolute atomic E-state index is 0.227. The number of hydrogen-bond acceptors (Lipinski definition) is 6. The van der Waals surface area contributed by atoms with Crippen molar-refractivity contribution in [3.63, 3.8) is 0 Å². The molecule has 3 aromatic heterocycles. The number of hydrogen-bond donors (Lipinski definition) is 1. The Balaban J connectivity index is 1.40. The van der Waals surface area contributed by atoms with Crippen LogP contribution in [0.5, 0.6) is 5.75 Å². The van der Waals surface area contributed by atoms with Crippen molar-refractivity contribution in [2.75, 3.05) is 0 Å². The Morgan fingerprint density at radius 3 is 2.90 bits per heavy atom. The highest BCUT2D eigenvalue weighted by Gasteiger charge is 2.16. The number of carbonyl (C=O) groups is 1. The zero-order valence-electron chi connectivity index (χ0n) is 16.6. The van der Waals surface area contributed by atoms with Gasteiger partial charge in [0.05, 0.1) is 30.2 Å². The number of benzene rings is 1. The summed E-state index contributed by atoms with van der Waals surface area (Å²) in [7, 11) is 1.68. The Kier molecular flexibility index (Phi) is 6.18. The summed E-state index contributed by atoms with van der Waals surface area (Å²) < 4.78 is 18.1. The number of nitrogens with zero attached hydrogens (tertiary/aromatic N) is 3. The number of halogens is 1. The molecule has 1 aromatic carbocycles. The molecule has 0 radical (unpaired) electrons. The molecule has 4 aromatic rings. The molecule has 158 valence electrons. The molecule has 4 rings (SSSR count). The van der Waals surface area contributed by atoms with Crippen LogP contribution in [0.2, 0.25) is 5.02 Å². The second-order valence-electron chi connectivity index (χ2n) is 6.55. The lowest BCUT2D eigenvalue weighted by molar-refractivity contribution is 0.0939. The molecule has 0 bridgehead atoms. The second-order valence-corrected chi connectivity index (χ2v) is 6.95. The van der Waals surface area contributed by atoms with Crippen LogP contribution >= 0.6 is 11.6 Å². The van der Waals surface area contributed by atoms with Crippen molar-refractivity contribution in [1.29, 1.82) is 0 Å². The maximum Gasteiger partial charge on any atom is 0.272 e. The van der Waals surface area contributed by atoms with E-state index in [1.54, 1.807) is 49.7 Å². The molecule has 0 saturated heterocycles. The largest absolute Gasteiger partial charge is 0.484 e. The van der Waals surface area contributed by atoms with Crippen molar-refractivity contribution >= 4 is 29.4 Å². The lowest BCUT2D eigenvalue weighted by Gasteiger charge is -2.05. The van der Waals surface area contributed by atoms with Gasteiger partial charge in [0.15, 0.2) is 5.69 Å². The van der Waals surface area contributed by atoms with Crippen LogP contribution in [0.15, 0.2) is 74.8 Å². The maximum absolute atomic E-state index is 12.6. The Morgan fingerprint density at radius 2 is 2.10 bits per heavy atom. The van der Waals surface area contributed by atoms with Crippen LogP contribution in [0, 0.1) is 0 Å². The van der Waals surface area contributed by atoms with Crippen LogP contribution < -0.4 is 10.1 Å². The van der Waals surface area contributed by atoms with E-state index in [-0.39, 0.29) is 19.1 Å². The van der Waals surface area contributed by atoms with Gasteiger partial charge < -0.3 is 18.9 Å². The number of ether oxygens (including phenoxy) is 1. The van der Waals surface area contributed by atoms with Crippen LogP contribution in [0.25, 0.3) is 0 Å². The van der Waals surface area contributed by atoms with Gasteiger partial charge in [-0.3, -0.25) is 9.48 Å². The van der Waals surface area contributed by atoms with Gasteiger partial charge in [0, 0.05) is 7.05 Å². The van der Waals surface area contributed by atoms with Gasteiger partial charge in [-0.1, -0.05) is 23.7 Å². The van der Waals surface area contributed by atoms with Gasteiger partial charge in [-0.05, 0) is 36.4 Å². The van der Waals surface area contributed by atoms with Gasteiger partial charge >= 0.3 is 0 Å². The molecule has 0 saturated carbocycles. The molecule has 0 aliphatic heterocycles. The van der Waals surface area contributed by atoms with Gasteiger partial charge in [-0.2, -0.15) is 5.10 Å². The number of amides is 1. The number of aliphatic imine (C=N–C) groups is 1. The Morgan fingerprint density at radius 1 is 1.23 bits per heavy atom. The zero-order chi connectivity index (χ0) is 21.6. The summed E-state index contributed by atoms with van der Waals surface area (Å²) in [6, 6.07) is 14.3. The van der Waals surface area contributed by atoms with Gasteiger partial charge in [-0.15, -0.1) is 0 Å². The standard InChI is InChI=1S/C22H19ClN4O4/c1-27-21(22(28)25-11-15-5-4-10-29-15)19(13-26-27)24-12-16-8-9-17(31-16)14-30-20-7-3-2-6-18(20)23/h2-10,12-13H,11,14H2,1H3,(H,25,28). The predicted molar refractivity (Wildman–Crippen MR) is 115 cm³/mol. The fourth-order valence-corrected chi connectivity index (χ4v) is 3.02. The minimum Gasteiger partial charge on any atom is -0.484 e. The number of aromatic nitrogens is 2. The quantitative estimate of drug-likeness (QED) is 0.408. The Bertz CT molecular complexity index is 1190. The molecular weight excluding hydrogens is 420 g/mol. The molecule has 1 N–H and O–H groups in total. The minimum atomic E-state index is -0.308. The number of carbonyl (C=O) groups excluding carboxylic acids is 1. The summed E-state index contributed by atoms with van der Waals surface area (Å²) in [5, 5.41) is 7.45. The van der Waals surface area contributed by atoms with Crippen molar-refractivity contribution in [2.45, 2.75) is 13.2 Å². The molecule has 0 spiro atoms. The Labute approximate surface area is 183 Å². The summed E-state index contributed by atoms with van der Waals surface area (Å²) in [4.78, 5) is 16.9. The topological polar surface area (TPSA) is 94.8 Å². The van der Waals surface area contributed by atoms with Gasteiger partial charge in [0.1, 0.15) is 35.3 Å². The van der Waals surface area contributed by atoms with Crippen LogP contribution in [-0.2, 0) is 20.2 Å². The van der Waals surface area contributed by atoms with Crippen molar-refractivity contribution < 1.29 is 18.4 Å². The van der Waals surface area contributed by atoms with Gasteiger partial charge in [-0.25, -0.2) is 4.99 Å². The van der Waals surface area contributed by atoms with E-state index in [0.717, 1.165) is 0 Å². The van der Waals surface area contributed by atoms with E-state index in [1.807, 2.05) is 12.1 Å². The first kappa shape index (κ1) is 20.5. The molecule has 9 heteroatoms. The summed E-state index contributed by atoms with van der Waals surface area (Å²) in [6.07, 6.45) is 4.60. The molecule has 0 unspecified atom stereocenters. The second kappa shape index (κ2) is 9.36. The highest BCUT2D eigenvalue weighted by molar-refractivity contribution is 6.32. The van der Waals surface area contributed by atoms with E-state index < -0.39 is 0 Å². The molecule has 1 amide bonds. The molecule has 31 heavy (non-hydrogen) atoms. The molecule has 0 aliphatic rings. The summed E-state index contributed by atoms with van der Waals surface area (Å²) in [5.74, 6) is 2.06. The molecule has 8 nitrogen and oxygen atoms in total. The maximum atomic E-state index is 12.6. The molecule has 3 heterocycles. The van der Waals surface area contributed by atoms with E-state index in [2.05, 4.69) is 15.4 Å². The average Bonchev–Trinajstić information content (AvgIpc) is 3.51. The molecule has 0 aliphatic carbocycles. The van der Waals surface area contributed by atoms with Crippen LogP contribution in [-0.4, -0.2) is 21.9 Å². The number of rotatable bonds is 8. The van der Waals surface area contributed by atoms with Crippen LogP contribution in [0.4, 0.5) is 5.69 Å². The zero-order valence-corrected chi connectivity index (χ0v) is 17.4. The summed E-state index contributed by atoms with van der Waals surface area (Å²) in [6.45, 7) is 0.498. The van der Waals surface area contributed by atoms with E-state index in [1.165, 1.54) is 17.1 Å². The Hall–Kier alpha value is -3.78. The van der Waals surface area contributed by atoms with E-state index in [0.29, 0.717) is 39.4 Å². The van der Waals surface area contributed by atoms with Gasteiger partial charge in [0.2, 0.25) is 0 Å². The summed E-state index contributed by atoms with van der Waals surface area (Å²) in [5.41, 5.74) is 0.751. The monoisotopic (exact) mass is 438 g/mol. The fraction of sp³-hybridized carbons (Fsp3) is 0.136. The third-order valence-electron chi connectivity index (χ3n) is 4.36. The fourth-order valence-electron chi connectivity index (χ4n) is 2.83. The van der Waals surface area contributed by atoms with Crippen molar-refractivity contribution in [1.82, 2.24) is 15.1 Å². The third-order valence-corrected chi connectivity index (χ3v) is 4.67. The van der Waals surface area contributed by atoms with Crippen molar-refractivity contribution in [3.05, 3.63) is 89.0 Å². The normalized spacial score (nSPS) is 11.2. The first-order valence-electron chi connectivity index (χ1n) is 9.43. The molecule has 0 fully saturated rings. The lowest BCUT2D eigenvalue weighted by atomic mass is 10.3. The number of para-hydroxylation sites is 1. The number of furan rings is 2. The van der Waals surface area contributed by atoms with E-state index in [4.69, 9.17) is 25.2 Å². The van der Waals surface area contributed by atoms with Crippen LogP contribution in [0.1, 0.15) is 27.8 Å². The third kappa shape index (κ3) is 5.04. The highest BCUT2D eigenvalue weighted by Crippen LogP contribution is 2.24. The molecular formula is C22H19ClN4O4. The van der Waals surface area contributed by atoms with E-state index >= 15 is 0 Å². The first-order valence-corrected chi connectivity index (χ1v) is 9.80. The van der Waals surface area contributed by atoms with Crippen molar-refractivity contribution in [2.24, 2.45) is 12.0 Å². The number of aryl methyl sites for hydroxylation is 1. The lowest BCUT2D eigenvalue weighted by Crippen LogP contribution is -2.25. The van der Waals surface area contributed by atoms with Gasteiger partial charge in [0.25, 0.3) is 5.91 Å². The van der Waals surface area contributed by atoms with E-state index in [9.17, 15) is 4.79 Å². The van der Waals surface area contributed by atoms with Crippen LogP contribution in [0.3, 0.4) is 0 Å². The van der Waals surface area contributed by atoms with Crippen molar-refractivity contribution in [3.8, 4) is 5.75 Å². The molecule has 0 atom stereocenters. The smallest absolute Gasteiger partial charge is 0.272 e. The first-order chi connectivity index (χ1) is 15.1. The predicted octanol–water partition coefficient (Wildman–Crippen LogP) is 4.52. The average molecular weight is 439 g/mol.